The lowest BCUT2D eigenvalue weighted by Crippen LogP contribution is -2.02. The molecule has 0 spiro atoms. The Balaban J connectivity index is 2.35. The van der Waals surface area contributed by atoms with Crippen molar-refractivity contribution >= 4 is 5.97 Å². The van der Waals surface area contributed by atoms with Gasteiger partial charge in [0.1, 0.15) is 0 Å². The van der Waals surface area contributed by atoms with Crippen molar-refractivity contribution in [2.75, 3.05) is 13.2 Å². The first kappa shape index (κ1) is 10.7. The Labute approximate surface area is 91.6 Å². The Kier molecular flexibility index (Phi) is 2.94. The van der Waals surface area contributed by atoms with Gasteiger partial charge in [-0.25, -0.2) is 4.39 Å². The Morgan fingerprint density at radius 2 is 2.12 bits per heavy atom. The van der Waals surface area contributed by atoms with Gasteiger partial charge in [0.15, 0.2) is 17.3 Å². The van der Waals surface area contributed by atoms with Gasteiger partial charge in [-0.05, 0) is 17.7 Å². The van der Waals surface area contributed by atoms with Crippen LogP contribution >= 0.6 is 0 Å². The van der Waals surface area contributed by atoms with Crippen molar-refractivity contribution in [2.24, 2.45) is 0 Å². The summed E-state index contributed by atoms with van der Waals surface area (Å²) >= 11 is 0. The molecule has 0 atom stereocenters. The maximum atomic E-state index is 13.6. The van der Waals surface area contributed by atoms with E-state index in [1.807, 2.05) is 0 Å². The third-order valence-electron chi connectivity index (χ3n) is 2.22. The van der Waals surface area contributed by atoms with Crippen LogP contribution in [0.15, 0.2) is 12.1 Å². The molecule has 0 fully saturated rings. The van der Waals surface area contributed by atoms with Gasteiger partial charge in [-0.15, -0.1) is 0 Å². The van der Waals surface area contributed by atoms with E-state index in [4.69, 9.17) is 14.6 Å². The highest BCUT2D eigenvalue weighted by Crippen LogP contribution is 2.33. The minimum absolute atomic E-state index is 0.0756. The number of ether oxygens (including phenoxy) is 2. The van der Waals surface area contributed by atoms with Crippen molar-refractivity contribution in [3.05, 3.63) is 23.5 Å². The van der Waals surface area contributed by atoms with Crippen LogP contribution in [-0.2, 0) is 11.2 Å². The van der Waals surface area contributed by atoms with Crippen molar-refractivity contribution in [1.29, 1.82) is 0 Å². The first-order valence-corrected chi connectivity index (χ1v) is 4.96. The molecule has 0 saturated heterocycles. The molecule has 1 aromatic rings. The molecule has 4 nitrogen and oxygen atoms in total. The zero-order valence-corrected chi connectivity index (χ0v) is 8.53. The largest absolute Gasteiger partial charge is 0.489 e. The molecule has 0 aliphatic carbocycles. The second-order valence-electron chi connectivity index (χ2n) is 3.53. The third kappa shape index (κ3) is 2.24. The van der Waals surface area contributed by atoms with E-state index >= 15 is 0 Å². The van der Waals surface area contributed by atoms with Crippen LogP contribution in [0.2, 0.25) is 0 Å². The second kappa shape index (κ2) is 4.38. The minimum Gasteiger partial charge on any atom is -0.489 e. The van der Waals surface area contributed by atoms with Crippen LogP contribution in [0.4, 0.5) is 4.39 Å². The number of fused-ring (bicyclic) bond motifs is 1. The SMILES string of the molecule is O=C(O)Cc1cc(F)c2c(c1)OCCCO2. The number of benzene rings is 1. The molecule has 2 rings (SSSR count). The van der Waals surface area contributed by atoms with Crippen LogP contribution < -0.4 is 9.47 Å². The van der Waals surface area contributed by atoms with E-state index in [2.05, 4.69) is 0 Å². The van der Waals surface area contributed by atoms with Crippen LogP contribution in [-0.4, -0.2) is 24.3 Å². The fourth-order valence-corrected chi connectivity index (χ4v) is 1.56. The minimum atomic E-state index is -1.01. The lowest BCUT2D eigenvalue weighted by atomic mass is 10.1. The van der Waals surface area contributed by atoms with E-state index in [-0.39, 0.29) is 17.9 Å². The summed E-state index contributed by atoms with van der Waals surface area (Å²) in [5.41, 5.74) is 0.370. The average molecular weight is 226 g/mol. The molecule has 0 bridgehead atoms. The lowest BCUT2D eigenvalue weighted by molar-refractivity contribution is -0.136. The zero-order valence-electron chi connectivity index (χ0n) is 8.53. The first-order valence-electron chi connectivity index (χ1n) is 4.96. The summed E-state index contributed by atoms with van der Waals surface area (Å²) in [5.74, 6) is -1.22. The van der Waals surface area contributed by atoms with Gasteiger partial charge in [0, 0.05) is 6.42 Å². The van der Waals surface area contributed by atoms with Crippen molar-refractivity contribution in [3.63, 3.8) is 0 Å². The molecule has 86 valence electrons. The van der Waals surface area contributed by atoms with E-state index in [1.165, 1.54) is 12.1 Å². The number of carboxylic acid groups (broad SMARTS) is 1. The number of carbonyl (C=O) groups is 1. The Bertz CT molecular complexity index is 417. The fraction of sp³-hybridized carbons (Fsp3) is 0.364. The Morgan fingerprint density at radius 3 is 2.88 bits per heavy atom. The topological polar surface area (TPSA) is 55.8 Å². The molecule has 1 aliphatic heterocycles. The smallest absolute Gasteiger partial charge is 0.307 e. The van der Waals surface area contributed by atoms with Gasteiger partial charge in [0.2, 0.25) is 0 Å². The molecule has 0 unspecified atom stereocenters. The molecule has 0 radical (unpaired) electrons. The van der Waals surface area contributed by atoms with Crippen LogP contribution in [0.3, 0.4) is 0 Å². The van der Waals surface area contributed by atoms with Crippen LogP contribution in [0.1, 0.15) is 12.0 Å². The number of rotatable bonds is 2. The van der Waals surface area contributed by atoms with Crippen LogP contribution in [0, 0.1) is 5.82 Å². The molecule has 0 aromatic heterocycles. The molecule has 5 heteroatoms. The summed E-state index contributed by atoms with van der Waals surface area (Å²) in [5, 5.41) is 8.62. The maximum Gasteiger partial charge on any atom is 0.307 e. The summed E-state index contributed by atoms with van der Waals surface area (Å²) in [4.78, 5) is 10.5. The molecule has 1 aromatic carbocycles. The van der Waals surface area contributed by atoms with Crippen molar-refractivity contribution in [1.82, 2.24) is 0 Å². The van der Waals surface area contributed by atoms with Gasteiger partial charge in [0.05, 0.1) is 19.6 Å². The quantitative estimate of drug-likeness (QED) is 0.832. The molecule has 0 amide bonds. The van der Waals surface area contributed by atoms with E-state index in [0.717, 1.165) is 0 Å². The van der Waals surface area contributed by atoms with Crippen molar-refractivity contribution < 1.29 is 23.8 Å². The van der Waals surface area contributed by atoms with E-state index in [0.29, 0.717) is 25.2 Å². The number of halogens is 1. The van der Waals surface area contributed by atoms with Crippen molar-refractivity contribution in [2.45, 2.75) is 12.8 Å². The van der Waals surface area contributed by atoms with Gasteiger partial charge >= 0.3 is 5.97 Å². The summed E-state index contributed by atoms with van der Waals surface area (Å²) in [6.45, 7) is 0.852. The predicted octanol–water partition coefficient (Wildman–Crippen LogP) is 1.61. The molecule has 1 aliphatic rings. The van der Waals surface area contributed by atoms with Gasteiger partial charge in [-0.2, -0.15) is 0 Å². The van der Waals surface area contributed by atoms with Gasteiger partial charge in [-0.1, -0.05) is 0 Å². The predicted molar refractivity (Wildman–Crippen MR) is 53.3 cm³/mol. The highest BCUT2D eigenvalue weighted by atomic mass is 19.1. The number of hydrogen-bond donors (Lipinski definition) is 1. The lowest BCUT2D eigenvalue weighted by Gasteiger charge is -2.09. The third-order valence-corrected chi connectivity index (χ3v) is 2.22. The number of carboxylic acids is 1. The summed E-state index contributed by atoms with van der Waals surface area (Å²) in [6, 6.07) is 2.68. The number of aliphatic carboxylic acids is 1. The molecule has 16 heavy (non-hydrogen) atoms. The summed E-state index contributed by atoms with van der Waals surface area (Å²) in [7, 11) is 0. The highest BCUT2D eigenvalue weighted by molar-refractivity contribution is 5.70. The highest BCUT2D eigenvalue weighted by Gasteiger charge is 2.17. The Hall–Kier alpha value is -1.78. The van der Waals surface area contributed by atoms with E-state index in [1.54, 1.807) is 0 Å². The van der Waals surface area contributed by atoms with Gasteiger partial charge < -0.3 is 14.6 Å². The first-order chi connectivity index (χ1) is 7.66. The molecular formula is C11H11FO4. The van der Waals surface area contributed by atoms with Gasteiger partial charge in [0.25, 0.3) is 0 Å². The molecular weight excluding hydrogens is 215 g/mol. The van der Waals surface area contributed by atoms with Crippen molar-refractivity contribution in [3.8, 4) is 11.5 Å². The van der Waals surface area contributed by atoms with E-state index in [9.17, 15) is 9.18 Å². The molecule has 0 saturated carbocycles. The zero-order chi connectivity index (χ0) is 11.5. The number of hydrogen-bond acceptors (Lipinski definition) is 3. The standard InChI is InChI=1S/C11H11FO4/c12-8-4-7(6-10(13)14)5-9-11(8)16-3-1-2-15-9/h4-5H,1-3,6H2,(H,13,14). The summed E-state index contributed by atoms with van der Waals surface area (Å²) in [6.07, 6.45) is 0.454. The molecule has 1 N–H and O–H groups in total. The monoisotopic (exact) mass is 226 g/mol. The average Bonchev–Trinajstić information content (AvgIpc) is 2.41. The van der Waals surface area contributed by atoms with E-state index < -0.39 is 11.8 Å². The fourth-order valence-electron chi connectivity index (χ4n) is 1.56. The van der Waals surface area contributed by atoms with Crippen LogP contribution in [0.5, 0.6) is 11.5 Å². The van der Waals surface area contributed by atoms with Crippen LogP contribution in [0.25, 0.3) is 0 Å². The normalized spacial score (nSPS) is 14.3. The Morgan fingerprint density at radius 1 is 1.38 bits per heavy atom. The van der Waals surface area contributed by atoms with Gasteiger partial charge in [-0.3, -0.25) is 4.79 Å². The molecule has 1 heterocycles. The maximum absolute atomic E-state index is 13.6. The second-order valence-corrected chi connectivity index (χ2v) is 3.53. The summed E-state index contributed by atoms with van der Waals surface area (Å²) < 4.78 is 24.1.